The Morgan fingerprint density at radius 3 is 3.38 bits per heavy atom. The molecule has 1 heterocycles. The van der Waals surface area contributed by atoms with Crippen LogP contribution in [0.5, 0.6) is 0 Å². The maximum atomic E-state index is 10.2. The lowest BCUT2D eigenvalue weighted by Gasteiger charge is -1.54. The van der Waals surface area contributed by atoms with Crippen molar-refractivity contribution in [3.05, 3.63) is 28.7 Å². The molecular weight excluding hydrogens is 106 g/mol. The Labute approximate surface area is 45.2 Å². The molecule has 0 saturated carbocycles. The molecule has 0 aromatic carbocycles. The summed E-state index contributed by atoms with van der Waals surface area (Å²) in [4.78, 5) is 10.2. The van der Waals surface area contributed by atoms with Crippen LogP contribution in [0.1, 0.15) is 0 Å². The lowest BCUT2D eigenvalue weighted by atomic mass is 10.6. The third-order valence-corrected chi connectivity index (χ3v) is 0.535. The molecule has 0 saturated heterocycles. The quantitative estimate of drug-likeness (QED) is 0.429. The van der Waals surface area contributed by atoms with Crippen molar-refractivity contribution >= 4 is 0 Å². The smallest absolute Gasteiger partial charge is 0.265 e. The number of aromatic nitrogens is 3. The van der Waals surface area contributed by atoms with Gasteiger partial charge >= 0.3 is 0 Å². The number of hydrogen-bond acceptors (Lipinski definition) is 4. The van der Waals surface area contributed by atoms with Gasteiger partial charge < -0.3 is 0 Å². The lowest BCUT2D eigenvalue weighted by molar-refractivity contribution is 0.871. The molecule has 1 radical (unpaired) electrons. The molecule has 1 rings (SSSR count). The van der Waals surface area contributed by atoms with Gasteiger partial charge in [0.25, 0.3) is 5.56 Å². The maximum Gasteiger partial charge on any atom is 0.298 e. The first-order valence-electron chi connectivity index (χ1n) is 1.96. The highest BCUT2D eigenvalue weighted by Gasteiger charge is 1.74. The van der Waals surface area contributed by atoms with E-state index in [0.29, 0.717) is 0 Å². The fourth-order valence-electron chi connectivity index (χ4n) is 0.267. The summed E-state index contributed by atoms with van der Waals surface area (Å²) in [5, 5.41) is 9.49. The second-order valence-corrected chi connectivity index (χ2v) is 1.07. The van der Waals surface area contributed by atoms with Crippen LogP contribution in [-0.4, -0.2) is 15.4 Å². The molecule has 0 aliphatic heterocycles. The van der Waals surface area contributed by atoms with Crippen molar-refractivity contribution in [1.82, 2.24) is 15.4 Å². The fourth-order valence-corrected chi connectivity index (χ4v) is 0.267. The van der Waals surface area contributed by atoms with Gasteiger partial charge in [-0.2, -0.15) is 0 Å². The number of nitrogens with zero attached hydrogens (tertiary/aromatic N) is 3. The van der Waals surface area contributed by atoms with Gasteiger partial charge in [0.2, 0.25) is 0 Å². The van der Waals surface area contributed by atoms with Gasteiger partial charge in [-0.25, -0.2) is 0 Å². The Hall–Kier alpha value is -1.32. The fraction of sp³-hybridized carbons (Fsp3) is 0. The standard InChI is InChI=1S/C4H2N3O/c8-4-2-1-3-5-7-6-4/h1,3H. The molecule has 0 fully saturated rings. The molecule has 8 heavy (non-hydrogen) atoms. The molecule has 0 unspecified atom stereocenters. The summed E-state index contributed by atoms with van der Waals surface area (Å²) in [6.07, 6.45) is 1.34. The molecule has 0 spiro atoms. The minimum Gasteiger partial charge on any atom is -0.265 e. The van der Waals surface area contributed by atoms with Gasteiger partial charge in [0.15, 0.2) is 0 Å². The molecule has 0 amide bonds. The molecule has 4 heteroatoms. The Balaban J connectivity index is 3.32. The molecule has 39 valence electrons. The van der Waals surface area contributed by atoms with E-state index in [1.165, 1.54) is 12.3 Å². The molecule has 0 aliphatic rings. The average Bonchev–Trinajstić information content (AvgIpc) is 1.94. The van der Waals surface area contributed by atoms with Crippen LogP contribution in [0.25, 0.3) is 0 Å². The second-order valence-electron chi connectivity index (χ2n) is 1.07. The Morgan fingerprint density at radius 1 is 1.62 bits per heavy atom. The summed E-state index contributed by atoms with van der Waals surface area (Å²) >= 11 is 0. The summed E-state index contributed by atoms with van der Waals surface area (Å²) in [5.74, 6) is 0. The minimum atomic E-state index is -0.498. The summed E-state index contributed by atoms with van der Waals surface area (Å²) in [6.45, 7) is 0. The Kier molecular flexibility index (Phi) is 1.27. The van der Waals surface area contributed by atoms with E-state index in [1.54, 1.807) is 0 Å². The van der Waals surface area contributed by atoms with Gasteiger partial charge in [-0.1, -0.05) is 5.10 Å². The Morgan fingerprint density at radius 2 is 2.50 bits per heavy atom. The highest BCUT2D eigenvalue weighted by atomic mass is 16.1. The van der Waals surface area contributed by atoms with Crippen molar-refractivity contribution in [3.8, 4) is 0 Å². The third-order valence-electron chi connectivity index (χ3n) is 0.535. The second kappa shape index (κ2) is 2.11. The summed E-state index contributed by atoms with van der Waals surface area (Å²) < 4.78 is 0. The van der Waals surface area contributed by atoms with E-state index in [9.17, 15) is 4.79 Å². The van der Waals surface area contributed by atoms with Crippen LogP contribution in [0.2, 0.25) is 0 Å². The first kappa shape index (κ1) is 4.83. The highest BCUT2D eigenvalue weighted by Crippen LogP contribution is 1.57. The zero-order chi connectivity index (χ0) is 5.82. The van der Waals surface area contributed by atoms with E-state index in [2.05, 4.69) is 21.5 Å². The van der Waals surface area contributed by atoms with Gasteiger partial charge in [0.05, 0.1) is 12.3 Å². The van der Waals surface area contributed by atoms with Crippen molar-refractivity contribution < 1.29 is 0 Å². The average molecular weight is 108 g/mol. The topological polar surface area (TPSA) is 55.7 Å². The third kappa shape index (κ3) is 1.07. The van der Waals surface area contributed by atoms with Gasteiger partial charge in [0.1, 0.15) is 0 Å². The molecule has 0 N–H and O–H groups in total. The molecule has 1 aromatic rings. The van der Waals surface area contributed by atoms with E-state index in [1.807, 2.05) is 0 Å². The van der Waals surface area contributed by atoms with Crippen LogP contribution in [0.15, 0.2) is 17.1 Å². The minimum absolute atomic E-state index is 0.498. The van der Waals surface area contributed by atoms with Crippen molar-refractivity contribution in [2.75, 3.05) is 0 Å². The zero-order valence-corrected chi connectivity index (χ0v) is 3.90. The first-order valence-corrected chi connectivity index (χ1v) is 1.96. The molecule has 0 bridgehead atoms. The largest absolute Gasteiger partial charge is 0.298 e. The first-order chi connectivity index (χ1) is 3.89. The summed E-state index contributed by atoms with van der Waals surface area (Å²) in [5.41, 5.74) is -0.498. The van der Waals surface area contributed by atoms with Crippen molar-refractivity contribution in [1.29, 1.82) is 0 Å². The van der Waals surface area contributed by atoms with E-state index >= 15 is 0 Å². The predicted molar refractivity (Wildman–Crippen MR) is 24.9 cm³/mol. The molecule has 4 nitrogen and oxygen atoms in total. The van der Waals surface area contributed by atoms with Crippen LogP contribution in [-0.2, 0) is 0 Å². The van der Waals surface area contributed by atoms with Crippen LogP contribution in [0.4, 0.5) is 0 Å². The van der Waals surface area contributed by atoms with Gasteiger partial charge in [-0.3, -0.25) is 4.79 Å². The zero-order valence-electron chi connectivity index (χ0n) is 3.90. The summed E-state index contributed by atoms with van der Waals surface area (Å²) in [6, 6.07) is 3.63. The van der Waals surface area contributed by atoms with Gasteiger partial charge in [-0.15, -0.1) is 5.10 Å². The monoisotopic (exact) mass is 108 g/mol. The molecule has 1 aromatic heterocycles. The van der Waals surface area contributed by atoms with E-state index in [0.717, 1.165) is 0 Å². The van der Waals surface area contributed by atoms with Crippen molar-refractivity contribution in [2.24, 2.45) is 0 Å². The molecular formula is C4H2N3O. The maximum absolute atomic E-state index is 10.2. The number of hydrogen-bond donors (Lipinski definition) is 0. The molecule has 0 aliphatic carbocycles. The van der Waals surface area contributed by atoms with Crippen molar-refractivity contribution in [2.45, 2.75) is 0 Å². The van der Waals surface area contributed by atoms with E-state index < -0.39 is 5.56 Å². The molecule has 0 atom stereocenters. The van der Waals surface area contributed by atoms with Crippen LogP contribution >= 0.6 is 0 Å². The SMILES string of the molecule is O=c1[c]ccnnn1. The normalized spacial score (nSPS) is 8.50. The van der Waals surface area contributed by atoms with Crippen LogP contribution in [0.3, 0.4) is 0 Å². The summed E-state index contributed by atoms with van der Waals surface area (Å²) in [7, 11) is 0. The predicted octanol–water partition coefficient (Wildman–Crippen LogP) is -0.968. The van der Waals surface area contributed by atoms with Crippen molar-refractivity contribution in [3.63, 3.8) is 0 Å². The number of rotatable bonds is 0. The Bertz CT molecular complexity index is 202. The van der Waals surface area contributed by atoms with E-state index in [4.69, 9.17) is 0 Å². The van der Waals surface area contributed by atoms with Crippen LogP contribution < -0.4 is 5.56 Å². The van der Waals surface area contributed by atoms with E-state index in [-0.39, 0.29) is 0 Å². The highest BCUT2D eigenvalue weighted by molar-refractivity contribution is 4.76. The van der Waals surface area contributed by atoms with Crippen LogP contribution in [0, 0.1) is 6.07 Å². The van der Waals surface area contributed by atoms with Gasteiger partial charge in [0, 0.05) is 0 Å². The van der Waals surface area contributed by atoms with Gasteiger partial charge in [-0.05, 0) is 11.3 Å². The lowest BCUT2D eigenvalue weighted by Crippen LogP contribution is -2.00.